The van der Waals surface area contributed by atoms with Crippen molar-refractivity contribution in [3.05, 3.63) is 191 Å². The molecule has 0 aromatic heterocycles. The number of likely N-dealkylation sites (tertiary alicyclic amines) is 1. The smallest absolute Gasteiger partial charge is 0.416 e. The lowest BCUT2D eigenvalue weighted by Gasteiger charge is -2.52. The Hall–Kier alpha value is -5.26. The van der Waals surface area contributed by atoms with Gasteiger partial charge in [0.1, 0.15) is 34.5 Å². The molecule has 2 unspecified atom stereocenters. The number of hydrogen-bond acceptors (Lipinski definition) is 9. The molecule has 2 N–H and O–H groups in total. The Bertz CT molecular complexity index is 3380. The van der Waals surface area contributed by atoms with Crippen LogP contribution in [0, 0.1) is 26.8 Å². The zero-order chi connectivity index (χ0) is 68.9. The number of aliphatic carboxylic acids is 1. The number of benzene rings is 5. The van der Waals surface area contributed by atoms with Crippen LogP contribution in [0.5, 0.6) is 0 Å². The zero-order valence-electron chi connectivity index (χ0n) is 52.8. The standard InChI is InChI=1S/C30H36ClF4N3O.C13H14ClFO2.C10H8ClFO2.C8H14O2.C6H3ClFI.CH4O/c1-20-19-37(16-17-38(20)21(2)22-4-6-23(7-5-22)30(33,34)35)28(3)12-14-36(15-13-28)27(39)29(10-11-29)24-8-9-26(32)25(31)18-24;1-8(12(16)17-13(2,3)4)9-5-6-11(15)10(14)7-9;11-7-5-6(1-2-8(7)12)10(3-4-10)9(13)14;1-6(2)7(9)10-8(3,4)5;7-5-3-4(9)1-2-6(5)8;1-2/h4-9,18,20-21H,10-17,19H2,1-3H3;5-7H,1H2,2-4H3;1-2,5H,3-4H2,(H,13,14);1H2,2-5H3;1-3H;2H,1H3. The van der Waals surface area contributed by atoms with E-state index in [1.165, 1.54) is 60.7 Å². The van der Waals surface area contributed by atoms with E-state index in [1.807, 2.05) is 25.7 Å². The summed E-state index contributed by atoms with van der Waals surface area (Å²) in [6.07, 6.45) is 0.148. The van der Waals surface area contributed by atoms with E-state index >= 15 is 0 Å². The van der Waals surface area contributed by atoms with Crippen LogP contribution in [0.2, 0.25) is 20.1 Å². The number of piperazine rings is 1. The first-order valence-electron chi connectivity index (χ1n) is 29.1. The van der Waals surface area contributed by atoms with Gasteiger partial charge in [-0.2, -0.15) is 13.2 Å². The quantitative estimate of drug-likeness (QED) is 0.0457. The second-order valence-electron chi connectivity index (χ2n) is 24.8. The first-order chi connectivity index (χ1) is 42.1. The molecule has 2 saturated carbocycles. The highest BCUT2D eigenvalue weighted by Crippen LogP contribution is 2.51. The van der Waals surface area contributed by atoms with Crippen molar-refractivity contribution in [1.82, 2.24) is 14.7 Å². The molecule has 91 heavy (non-hydrogen) atoms. The number of esters is 2. The third-order valence-electron chi connectivity index (χ3n) is 15.6. The number of halogens is 12. The molecule has 0 radical (unpaired) electrons. The Balaban J connectivity index is 0.000000279. The van der Waals surface area contributed by atoms with Gasteiger partial charge in [0.05, 0.1) is 42.1 Å². The first-order valence-corrected chi connectivity index (χ1v) is 31.7. The molecule has 23 heteroatoms. The largest absolute Gasteiger partial charge is 0.481 e. The number of carbonyl (C=O) groups is 4. The highest BCUT2D eigenvalue weighted by molar-refractivity contribution is 14.1. The minimum Gasteiger partial charge on any atom is -0.481 e. The van der Waals surface area contributed by atoms with Gasteiger partial charge in [0.15, 0.2) is 0 Å². The van der Waals surface area contributed by atoms with Gasteiger partial charge in [0, 0.05) is 66.6 Å². The van der Waals surface area contributed by atoms with Gasteiger partial charge < -0.3 is 24.6 Å². The van der Waals surface area contributed by atoms with E-state index in [0.717, 1.165) is 67.1 Å². The van der Waals surface area contributed by atoms with E-state index in [2.05, 4.69) is 66.3 Å². The minimum atomic E-state index is -4.33. The van der Waals surface area contributed by atoms with E-state index < -0.39 is 63.2 Å². The van der Waals surface area contributed by atoms with Crippen LogP contribution in [0.3, 0.4) is 0 Å². The van der Waals surface area contributed by atoms with Crippen molar-refractivity contribution < 1.29 is 69.6 Å². The van der Waals surface area contributed by atoms with Crippen LogP contribution in [-0.2, 0) is 45.7 Å². The summed E-state index contributed by atoms with van der Waals surface area (Å²) in [7, 11) is 1.00. The lowest BCUT2D eigenvalue weighted by Crippen LogP contribution is -2.62. The Morgan fingerprint density at radius 3 is 1.43 bits per heavy atom. The van der Waals surface area contributed by atoms with Crippen LogP contribution >= 0.6 is 69.0 Å². The lowest BCUT2D eigenvalue weighted by atomic mass is 9.85. The fourth-order valence-electron chi connectivity index (χ4n) is 10.1. The van der Waals surface area contributed by atoms with Gasteiger partial charge in [0.25, 0.3) is 0 Å². The molecule has 2 aliphatic carbocycles. The summed E-state index contributed by atoms with van der Waals surface area (Å²) in [5.74, 6) is -3.50. The van der Waals surface area contributed by atoms with Crippen molar-refractivity contribution in [3.8, 4) is 0 Å². The van der Waals surface area contributed by atoms with Crippen molar-refractivity contribution in [2.24, 2.45) is 0 Å². The maximum absolute atomic E-state index is 13.7. The molecule has 2 heterocycles. The third kappa shape index (κ3) is 22.2. The van der Waals surface area contributed by atoms with Crippen LogP contribution in [-0.4, -0.2) is 111 Å². The zero-order valence-corrected chi connectivity index (χ0v) is 58.0. The van der Waals surface area contributed by atoms with Crippen LogP contribution in [0.25, 0.3) is 5.57 Å². The molecule has 2 aliphatic heterocycles. The Morgan fingerprint density at radius 1 is 0.626 bits per heavy atom. The maximum Gasteiger partial charge on any atom is 0.416 e. The summed E-state index contributed by atoms with van der Waals surface area (Å²) in [5, 5.41) is 16.1. The number of rotatable bonds is 10. The summed E-state index contributed by atoms with van der Waals surface area (Å²) in [5.41, 5.74) is 0.306. The highest BCUT2D eigenvalue weighted by atomic mass is 127. The first kappa shape index (κ1) is 78.2. The summed E-state index contributed by atoms with van der Waals surface area (Å²) < 4.78 is 102. The van der Waals surface area contributed by atoms with Gasteiger partial charge in [-0.25, -0.2) is 27.2 Å². The van der Waals surface area contributed by atoms with Gasteiger partial charge in [-0.1, -0.05) is 89.9 Å². The molecule has 2 atom stereocenters. The normalized spacial score (nSPS) is 17.5. The lowest BCUT2D eigenvalue weighted by molar-refractivity contribution is -0.150. The molecular weight excluding hydrogens is 1390 g/mol. The molecule has 1 amide bonds. The van der Waals surface area contributed by atoms with E-state index in [0.29, 0.717) is 42.6 Å². The maximum atomic E-state index is 13.7. The molecule has 4 fully saturated rings. The fourth-order valence-corrected chi connectivity index (χ4v) is 11.5. The molecule has 2 saturated heterocycles. The van der Waals surface area contributed by atoms with Crippen molar-refractivity contribution in [2.45, 2.75) is 154 Å². The number of nitrogens with zero attached hydrogens (tertiary/aromatic N) is 3. The molecule has 11 nitrogen and oxygen atoms in total. The highest BCUT2D eigenvalue weighted by Gasteiger charge is 2.55. The number of carboxylic acid groups (broad SMARTS) is 1. The summed E-state index contributed by atoms with van der Waals surface area (Å²) in [4.78, 5) is 53.9. The summed E-state index contributed by atoms with van der Waals surface area (Å²) >= 11 is 24.7. The van der Waals surface area contributed by atoms with Crippen LogP contribution in [0.4, 0.5) is 30.7 Å². The topological polar surface area (TPSA) is 137 Å². The number of piperidine rings is 1. The second kappa shape index (κ2) is 32.7. The second-order valence-corrected chi connectivity index (χ2v) is 27.7. The molecular formula is C68H79Cl4F7IN3O8. The number of aliphatic hydroxyl groups excluding tert-OH is 1. The van der Waals surface area contributed by atoms with E-state index in [1.54, 1.807) is 64.1 Å². The number of carbonyl (C=O) groups excluding carboxylic acids is 3. The monoisotopic (exact) mass is 1470 g/mol. The van der Waals surface area contributed by atoms with E-state index in [4.69, 9.17) is 66.1 Å². The minimum absolute atomic E-state index is 0.0185. The van der Waals surface area contributed by atoms with Crippen molar-refractivity contribution in [2.75, 3.05) is 39.8 Å². The van der Waals surface area contributed by atoms with Gasteiger partial charge in [-0.15, -0.1) is 0 Å². The van der Waals surface area contributed by atoms with Crippen LogP contribution in [0.15, 0.2) is 116 Å². The number of ether oxygens (including phenoxy) is 2. The average Bonchev–Trinajstić information content (AvgIpc) is 1.62. The Kier molecular flexibility index (Phi) is 28.1. The van der Waals surface area contributed by atoms with E-state index in [-0.39, 0.29) is 61.0 Å². The van der Waals surface area contributed by atoms with Gasteiger partial charge >= 0.3 is 24.1 Å². The summed E-state index contributed by atoms with van der Waals surface area (Å²) in [6, 6.07) is 23.1. The SMILES string of the molecule is C=C(C(=O)OC(C)(C)C)c1ccc(F)c(Cl)c1.C=C(C)C(=O)OC(C)(C)C.CC1CN(C2(C)CCN(C(=O)C3(c4ccc(F)c(Cl)c4)CC3)CC2)CCN1C(C)c1ccc(C(F)(F)F)cc1.CO.Fc1ccc(I)cc1Cl.O=C(O)C1(c2ccc(F)c(Cl)c2)CC1. The van der Waals surface area contributed by atoms with Crippen LogP contribution < -0.4 is 0 Å². The van der Waals surface area contributed by atoms with Crippen molar-refractivity contribution >= 4 is 98.4 Å². The van der Waals surface area contributed by atoms with Gasteiger partial charge in [0.2, 0.25) is 5.91 Å². The fraction of sp³-hybridized carbons (Fsp3) is 0.441. The molecule has 0 bridgehead atoms. The van der Waals surface area contributed by atoms with Crippen molar-refractivity contribution in [3.63, 3.8) is 0 Å². The predicted octanol–water partition coefficient (Wildman–Crippen LogP) is 17.7. The number of aliphatic hydroxyl groups is 1. The Labute approximate surface area is 563 Å². The number of carboxylic acids is 1. The molecule has 5 aromatic rings. The number of amides is 1. The summed E-state index contributed by atoms with van der Waals surface area (Å²) in [6.45, 7) is 29.9. The number of alkyl halides is 3. The van der Waals surface area contributed by atoms with E-state index in [9.17, 15) is 49.9 Å². The van der Waals surface area contributed by atoms with Crippen molar-refractivity contribution in [1.29, 1.82) is 0 Å². The average molecular weight is 1470 g/mol. The third-order valence-corrected chi connectivity index (χ3v) is 17.4. The predicted molar refractivity (Wildman–Crippen MR) is 353 cm³/mol. The Morgan fingerprint density at radius 2 is 1.05 bits per heavy atom. The van der Waals surface area contributed by atoms with Gasteiger partial charge in [-0.3, -0.25) is 19.4 Å². The molecule has 5 aromatic carbocycles. The van der Waals surface area contributed by atoms with Crippen LogP contribution in [0.1, 0.15) is 142 Å². The number of hydrogen-bond donors (Lipinski definition) is 2. The molecule has 9 rings (SSSR count). The van der Waals surface area contributed by atoms with Gasteiger partial charge in [-0.05, 0) is 219 Å². The molecule has 498 valence electrons. The molecule has 0 spiro atoms. The molecule has 4 aliphatic rings.